The Labute approximate surface area is 98.6 Å². The molecular weight excluding hydrogens is 200 g/mol. The van der Waals surface area contributed by atoms with Crippen molar-refractivity contribution in [1.82, 2.24) is 0 Å². The summed E-state index contributed by atoms with van der Waals surface area (Å²) in [5, 5.41) is 0. The smallest absolute Gasteiger partial charge is 0.122 e. The number of para-hydroxylation sites is 1. The second kappa shape index (κ2) is 8.17. The average molecular weight is 222 g/mol. The van der Waals surface area contributed by atoms with E-state index >= 15 is 0 Å². The first-order valence-corrected chi connectivity index (χ1v) is 5.99. The fraction of sp³-hybridized carbons (Fsp3) is 0.571. The van der Waals surface area contributed by atoms with E-state index < -0.39 is 0 Å². The van der Waals surface area contributed by atoms with Crippen LogP contribution in [0.3, 0.4) is 0 Å². The molecule has 0 heterocycles. The third kappa shape index (κ3) is 4.67. The van der Waals surface area contributed by atoms with Gasteiger partial charge >= 0.3 is 0 Å². The lowest BCUT2D eigenvalue weighted by Gasteiger charge is -2.07. The maximum Gasteiger partial charge on any atom is 0.122 e. The number of hydrogen-bond donors (Lipinski definition) is 0. The van der Waals surface area contributed by atoms with Gasteiger partial charge in [0.05, 0.1) is 7.11 Å². The second-order valence-corrected chi connectivity index (χ2v) is 3.97. The Morgan fingerprint density at radius 2 is 1.69 bits per heavy atom. The van der Waals surface area contributed by atoms with Crippen molar-refractivity contribution in [3.63, 3.8) is 0 Å². The van der Waals surface area contributed by atoms with Crippen molar-refractivity contribution in [2.24, 2.45) is 0 Å². The summed E-state index contributed by atoms with van der Waals surface area (Å²) in [5.74, 6) is 1.01. The lowest BCUT2D eigenvalue weighted by Crippen LogP contribution is -1.93. The fourth-order valence-corrected chi connectivity index (χ4v) is 1.82. The van der Waals surface area contributed by atoms with Crippen LogP contribution in [0.1, 0.15) is 31.2 Å². The zero-order chi connectivity index (χ0) is 11.6. The Balaban J connectivity index is 2.21. The number of rotatable bonds is 8. The van der Waals surface area contributed by atoms with Gasteiger partial charge in [0, 0.05) is 13.7 Å². The Morgan fingerprint density at radius 1 is 0.938 bits per heavy atom. The predicted octanol–water partition coefficient (Wildman–Crippen LogP) is 3.44. The summed E-state index contributed by atoms with van der Waals surface area (Å²) in [4.78, 5) is 0. The van der Waals surface area contributed by atoms with Crippen molar-refractivity contribution in [2.45, 2.75) is 32.1 Å². The molecule has 0 radical (unpaired) electrons. The van der Waals surface area contributed by atoms with Crippen LogP contribution in [0.25, 0.3) is 0 Å². The Kier molecular flexibility index (Phi) is 6.66. The third-order valence-corrected chi connectivity index (χ3v) is 2.74. The zero-order valence-electron chi connectivity index (χ0n) is 10.4. The molecule has 16 heavy (non-hydrogen) atoms. The van der Waals surface area contributed by atoms with Crippen LogP contribution in [0.15, 0.2) is 24.3 Å². The molecule has 0 saturated heterocycles. The van der Waals surface area contributed by atoms with Gasteiger partial charge in [-0.2, -0.15) is 0 Å². The maximum absolute atomic E-state index is 5.32. The van der Waals surface area contributed by atoms with Gasteiger partial charge in [-0.3, -0.25) is 0 Å². The van der Waals surface area contributed by atoms with Gasteiger partial charge in [0.2, 0.25) is 0 Å². The molecule has 1 aromatic rings. The zero-order valence-corrected chi connectivity index (χ0v) is 10.4. The molecule has 0 unspecified atom stereocenters. The van der Waals surface area contributed by atoms with Crippen LogP contribution < -0.4 is 4.74 Å². The lowest BCUT2D eigenvalue weighted by molar-refractivity contribution is 0.192. The largest absolute Gasteiger partial charge is 0.496 e. The number of aryl methyl sites for hydroxylation is 1. The maximum atomic E-state index is 5.32. The van der Waals surface area contributed by atoms with Crippen molar-refractivity contribution in [3.05, 3.63) is 29.8 Å². The minimum absolute atomic E-state index is 0.884. The van der Waals surface area contributed by atoms with Gasteiger partial charge in [-0.05, 0) is 30.9 Å². The van der Waals surface area contributed by atoms with Crippen LogP contribution in [0.2, 0.25) is 0 Å². The van der Waals surface area contributed by atoms with E-state index in [2.05, 4.69) is 12.1 Å². The summed E-state index contributed by atoms with van der Waals surface area (Å²) < 4.78 is 10.3. The van der Waals surface area contributed by atoms with E-state index in [0.29, 0.717) is 0 Å². The number of unbranched alkanes of at least 4 members (excludes halogenated alkanes) is 3. The summed E-state index contributed by atoms with van der Waals surface area (Å²) in [6, 6.07) is 8.26. The second-order valence-electron chi connectivity index (χ2n) is 3.97. The molecule has 0 bridgehead atoms. The van der Waals surface area contributed by atoms with E-state index in [0.717, 1.165) is 18.8 Å². The van der Waals surface area contributed by atoms with Crippen molar-refractivity contribution in [2.75, 3.05) is 20.8 Å². The first-order valence-electron chi connectivity index (χ1n) is 5.99. The summed E-state index contributed by atoms with van der Waals surface area (Å²) in [7, 11) is 3.49. The number of benzene rings is 1. The van der Waals surface area contributed by atoms with E-state index in [-0.39, 0.29) is 0 Å². The molecule has 0 N–H and O–H groups in total. The molecule has 0 saturated carbocycles. The van der Waals surface area contributed by atoms with Crippen molar-refractivity contribution in [1.29, 1.82) is 0 Å². The molecule has 1 aromatic carbocycles. The van der Waals surface area contributed by atoms with Crippen molar-refractivity contribution < 1.29 is 9.47 Å². The van der Waals surface area contributed by atoms with Gasteiger partial charge < -0.3 is 9.47 Å². The molecule has 90 valence electrons. The van der Waals surface area contributed by atoms with Crippen LogP contribution in [0, 0.1) is 0 Å². The topological polar surface area (TPSA) is 18.5 Å². The molecule has 0 amide bonds. The molecule has 0 aliphatic rings. The van der Waals surface area contributed by atoms with Crippen LogP contribution in [0.5, 0.6) is 5.75 Å². The normalized spacial score (nSPS) is 10.4. The minimum atomic E-state index is 0.884. The molecule has 0 atom stereocenters. The monoisotopic (exact) mass is 222 g/mol. The quantitative estimate of drug-likeness (QED) is 0.627. The lowest BCUT2D eigenvalue weighted by atomic mass is 10.1. The summed E-state index contributed by atoms with van der Waals surface area (Å²) in [6.45, 7) is 0.884. The van der Waals surface area contributed by atoms with E-state index in [9.17, 15) is 0 Å². The van der Waals surface area contributed by atoms with Gasteiger partial charge in [0.25, 0.3) is 0 Å². The highest BCUT2D eigenvalue weighted by atomic mass is 16.5. The van der Waals surface area contributed by atoms with E-state index in [4.69, 9.17) is 9.47 Å². The first-order chi connectivity index (χ1) is 7.88. The molecule has 0 aliphatic carbocycles. The molecule has 1 rings (SSSR count). The molecule has 0 aromatic heterocycles. The van der Waals surface area contributed by atoms with Crippen molar-refractivity contribution >= 4 is 0 Å². The summed E-state index contributed by atoms with van der Waals surface area (Å²) in [6.07, 6.45) is 6.02. The molecule has 2 heteroatoms. The summed E-state index contributed by atoms with van der Waals surface area (Å²) in [5.41, 5.74) is 1.32. The molecular formula is C14H22O2. The molecule has 0 fully saturated rings. The highest BCUT2D eigenvalue weighted by Crippen LogP contribution is 2.19. The van der Waals surface area contributed by atoms with Gasteiger partial charge in [-0.1, -0.05) is 31.0 Å². The standard InChI is InChI=1S/C14H22O2/c1-15-12-8-4-3-5-9-13-10-6-7-11-14(13)16-2/h6-7,10-11H,3-5,8-9,12H2,1-2H3. The van der Waals surface area contributed by atoms with E-state index in [1.54, 1.807) is 14.2 Å². The van der Waals surface area contributed by atoms with Crippen LogP contribution in [-0.4, -0.2) is 20.8 Å². The van der Waals surface area contributed by atoms with Gasteiger partial charge in [-0.25, -0.2) is 0 Å². The highest BCUT2D eigenvalue weighted by Gasteiger charge is 2.00. The number of methoxy groups -OCH3 is 2. The van der Waals surface area contributed by atoms with Crippen molar-refractivity contribution in [3.8, 4) is 5.75 Å². The molecule has 0 aliphatic heterocycles. The fourth-order valence-electron chi connectivity index (χ4n) is 1.82. The van der Waals surface area contributed by atoms with Crippen LogP contribution in [0.4, 0.5) is 0 Å². The van der Waals surface area contributed by atoms with E-state index in [1.807, 2.05) is 12.1 Å². The van der Waals surface area contributed by atoms with Gasteiger partial charge in [0.1, 0.15) is 5.75 Å². The molecule has 0 spiro atoms. The minimum Gasteiger partial charge on any atom is -0.496 e. The van der Waals surface area contributed by atoms with Crippen LogP contribution >= 0.6 is 0 Å². The molecule has 2 nitrogen and oxygen atoms in total. The highest BCUT2D eigenvalue weighted by molar-refractivity contribution is 5.33. The Bertz CT molecular complexity index is 284. The average Bonchev–Trinajstić information content (AvgIpc) is 2.34. The number of ether oxygens (including phenoxy) is 2. The van der Waals surface area contributed by atoms with Gasteiger partial charge in [0.15, 0.2) is 0 Å². The first kappa shape index (κ1) is 13.0. The predicted molar refractivity (Wildman–Crippen MR) is 67.0 cm³/mol. The third-order valence-electron chi connectivity index (χ3n) is 2.74. The van der Waals surface area contributed by atoms with Crippen LogP contribution in [-0.2, 0) is 11.2 Å². The SMILES string of the molecule is COCCCCCCc1ccccc1OC. The Hall–Kier alpha value is -1.02. The van der Waals surface area contributed by atoms with Gasteiger partial charge in [-0.15, -0.1) is 0 Å². The number of hydrogen-bond acceptors (Lipinski definition) is 2. The Morgan fingerprint density at radius 3 is 2.44 bits per heavy atom. The summed E-state index contributed by atoms with van der Waals surface area (Å²) >= 11 is 0. The van der Waals surface area contributed by atoms with E-state index in [1.165, 1.54) is 31.2 Å².